The van der Waals surface area contributed by atoms with Crippen LogP contribution in [0.1, 0.15) is 37.7 Å². The first kappa shape index (κ1) is 16.0. The van der Waals surface area contributed by atoms with E-state index in [9.17, 15) is 14.7 Å². The summed E-state index contributed by atoms with van der Waals surface area (Å²) in [5, 5.41) is 15.3. The van der Waals surface area contributed by atoms with Crippen LogP contribution in [0.2, 0.25) is 0 Å². The van der Waals surface area contributed by atoms with Crippen LogP contribution in [0.25, 0.3) is 10.1 Å². The molecule has 1 amide bonds. The minimum atomic E-state index is -0.916. The van der Waals surface area contributed by atoms with Crippen molar-refractivity contribution in [3.63, 3.8) is 0 Å². The average Bonchev–Trinajstić information content (AvgIpc) is 2.96. The van der Waals surface area contributed by atoms with E-state index in [4.69, 9.17) is 0 Å². The van der Waals surface area contributed by atoms with Gasteiger partial charge in [-0.2, -0.15) is 0 Å². The standard InChI is InChI=1S/C18H21NO3S/c20-16(10-13-11-23-15-9-5-4-8-14(13)15)19-17(18(21)22)12-6-2-1-3-7-12/h4-5,8-9,11-12,17H,1-3,6-7,10H2,(H,19,20)(H,21,22)/t17-/m0/s1. The number of nitrogens with one attached hydrogen (secondary N) is 1. The van der Waals surface area contributed by atoms with Gasteiger partial charge in [-0.15, -0.1) is 11.3 Å². The minimum Gasteiger partial charge on any atom is -0.480 e. The Hall–Kier alpha value is -1.88. The fourth-order valence-electron chi connectivity index (χ4n) is 3.42. The third-order valence-corrected chi connectivity index (χ3v) is 5.63. The fourth-order valence-corrected chi connectivity index (χ4v) is 4.38. The molecular formula is C18H21NO3S. The third kappa shape index (κ3) is 3.72. The van der Waals surface area contributed by atoms with Crippen LogP contribution >= 0.6 is 11.3 Å². The summed E-state index contributed by atoms with van der Waals surface area (Å²) < 4.78 is 1.15. The summed E-state index contributed by atoms with van der Waals surface area (Å²) in [7, 11) is 0. The van der Waals surface area contributed by atoms with Gasteiger partial charge in [0, 0.05) is 4.70 Å². The topological polar surface area (TPSA) is 66.4 Å². The molecule has 1 aromatic carbocycles. The van der Waals surface area contributed by atoms with Gasteiger partial charge in [-0.1, -0.05) is 37.5 Å². The minimum absolute atomic E-state index is 0.0596. The Bertz CT molecular complexity index is 703. The lowest BCUT2D eigenvalue weighted by molar-refractivity contribution is -0.143. The van der Waals surface area contributed by atoms with Crippen molar-refractivity contribution in [2.24, 2.45) is 5.92 Å². The summed E-state index contributed by atoms with van der Waals surface area (Å²) in [6.45, 7) is 0. The van der Waals surface area contributed by atoms with Gasteiger partial charge in [0.15, 0.2) is 0 Å². The SMILES string of the molecule is O=C(Cc1csc2ccccc12)N[C@H](C(=O)O)C1CCCCC1. The van der Waals surface area contributed by atoms with Crippen molar-refractivity contribution in [2.45, 2.75) is 44.6 Å². The summed E-state index contributed by atoms with van der Waals surface area (Å²) in [5.41, 5.74) is 0.968. The van der Waals surface area contributed by atoms with Crippen molar-refractivity contribution in [1.29, 1.82) is 0 Å². The monoisotopic (exact) mass is 331 g/mol. The van der Waals surface area contributed by atoms with Gasteiger partial charge < -0.3 is 10.4 Å². The molecule has 122 valence electrons. The molecule has 1 saturated carbocycles. The molecule has 0 unspecified atom stereocenters. The predicted octanol–water partition coefficient (Wildman–Crippen LogP) is 3.59. The maximum absolute atomic E-state index is 12.3. The lowest BCUT2D eigenvalue weighted by atomic mass is 9.84. The maximum atomic E-state index is 12.3. The molecule has 23 heavy (non-hydrogen) atoms. The number of fused-ring (bicyclic) bond motifs is 1. The molecule has 2 aromatic rings. The smallest absolute Gasteiger partial charge is 0.326 e. The molecule has 5 heteroatoms. The summed E-state index contributed by atoms with van der Waals surface area (Å²) in [6.07, 6.45) is 5.29. The number of hydrogen-bond donors (Lipinski definition) is 2. The van der Waals surface area contributed by atoms with E-state index in [-0.39, 0.29) is 18.2 Å². The number of aliphatic carboxylic acids is 1. The van der Waals surface area contributed by atoms with Crippen molar-refractivity contribution >= 4 is 33.3 Å². The molecule has 3 rings (SSSR count). The highest BCUT2D eigenvalue weighted by Crippen LogP contribution is 2.28. The Kier molecular flexibility index (Phi) is 4.96. The number of carbonyl (C=O) groups excluding carboxylic acids is 1. The van der Waals surface area contributed by atoms with Gasteiger partial charge in [0.05, 0.1) is 6.42 Å². The molecule has 1 aliphatic carbocycles. The molecule has 1 aromatic heterocycles. The normalized spacial score (nSPS) is 17.0. The van der Waals surface area contributed by atoms with Crippen molar-refractivity contribution < 1.29 is 14.7 Å². The van der Waals surface area contributed by atoms with Crippen LogP contribution in [0.5, 0.6) is 0 Å². The van der Waals surface area contributed by atoms with Gasteiger partial charge >= 0.3 is 5.97 Å². The summed E-state index contributed by atoms with van der Waals surface area (Å²) in [4.78, 5) is 23.9. The maximum Gasteiger partial charge on any atom is 0.326 e. The molecule has 1 atom stereocenters. The van der Waals surface area contributed by atoms with Crippen molar-refractivity contribution in [3.8, 4) is 0 Å². The molecule has 1 fully saturated rings. The Morgan fingerprint density at radius 1 is 1.22 bits per heavy atom. The lowest BCUT2D eigenvalue weighted by Crippen LogP contribution is -2.47. The zero-order valence-electron chi connectivity index (χ0n) is 13.0. The number of benzene rings is 1. The van der Waals surface area contributed by atoms with Gasteiger partial charge in [0.2, 0.25) is 5.91 Å². The molecule has 0 saturated heterocycles. The number of hydrogen-bond acceptors (Lipinski definition) is 3. The third-order valence-electron chi connectivity index (χ3n) is 4.62. The van der Waals surface area contributed by atoms with E-state index in [0.717, 1.165) is 47.8 Å². The first-order valence-corrected chi connectivity index (χ1v) is 9.00. The number of carbonyl (C=O) groups is 2. The summed E-state index contributed by atoms with van der Waals surface area (Å²) in [6, 6.07) is 7.21. The Morgan fingerprint density at radius 2 is 1.96 bits per heavy atom. The van der Waals surface area contributed by atoms with Gasteiger partial charge in [-0.25, -0.2) is 4.79 Å². The molecule has 0 radical (unpaired) electrons. The van der Waals surface area contributed by atoms with E-state index in [2.05, 4.69) is 5.32 Å². The Morgan fingerprint density at radius 3 is 2.70 bits per heavy atom. The number of thiophene rings is 1. The predicted molar refractivity (Wildman–Crippen MR) is 91.7 cm³/mol. The van der Waals surface area contributed by atoms with E-state index in [1.165, 1.54) is 0 Å². The second kappa shape index (κ2) is 7.13. The molecule has 1 aliphatic rings. The van der Waals surface area contributed by atoms with Gasteiger partial charge in [0.25, 0.3) is 0 Å². The second-order valence-corrected chi connectivity index (χ2v) is 7.13. The molecule has 1 heterocycles. The van der Waals surface area contributed by atoms with Gasteiger partial charge in [-0.05, 0) is 41.2 Å². The molecule has 4 nitrogen and oxygen atoms in total. The first-order chi connectivity index (χ1) is 11.1. The Balaban J connectivity index is 1.68. The van der Waals surface area contributed by atoms with Crippen LogP contribution in [-0.2, 0) is 16.0 Å². The van der Waals surface area contributed by atoms with Crippen LogP contribution in [0.15, 0.2) is 29.6 Å². The highest BCUT2D eigenvalue weighted by Gasteiger charge is 2.30. The molecular weight excluding hydrogens is 310 g/mol. The van der Waals surface area contributed by atoms with Crippen LogP contribution < -0.4 is 5.32 Å². The zero-order valence-corrected chi connectivity index (χ0v) is 13.8. The van der Waals surface area contributed by atoms with Crippen LogP contribution in [0, 0.1) is 5.92 Å². The number of carboxylic acids is 1. The second-order valence-electron chi connectivity index (χ2n) is 6.22. The molecule has 2 N–H and O–H groups in total. The summed E-state index contributed by atoms with van der Waals surface area (Å²) in [5.74, 6) is -1.06. The summed E-state index contributed by atoms with van der Waals surface area (Å²) >= 11 is 1.61. The van der Waals surface area contributed by atoms with Crippen molar-refractivity contribution in [3.05, 3.63) is 35.2 Å². The highest BCUT2D eigenvalue weighted by molar-refractivity contribution is 7.17. The highest BCUT2D eigenvalue weighted by atomic mass is 32.1. The van der Waals surface area contributed by atoms with E-state index in [1.54, 1.807) is 11.3 Å². The van der Waals surface area contributed by atoms with Crippen LogP contribution in [0.4, 0.5) is 0 Å². The number of rotatable bonds is 5. The van der Waals surface area contributed by atoms with E-state index < -0.39 is 12.0 Å². The molecule has 0 bridgehead atoms. The van der Waals surface area contributed by atoms with Gasteiger partial charge in [-0.3, -0.25) is 4.79 Å². The van der Waals surface area contributed by atoms with Crippen LogP contribution in [0.3, 0.4) is 0 Å². The fraction of sp³-hybridized carbons (Fsp3) is 0.444. The van der Waals surface area contributed by atoms with Crippen molar-refractivity contribution in [2.75, 3.05) is 0 Å². The molecule has 0 aliphatic heterocycles. The van der Waals surface area contributed by atoms with Crippen molar-refractivity contribution in [1.82, 2.24) is 5.32 Å². The van der Waals surface area contributed by atoms with E-state index in [0.29, 0.717) is 0 Å². The van der Waals surface area contributed by atoms with E-state index >= 15 is 0 Å². The van der Waals surface area contributed by atoms with E-state index in [1.807, 2.05) is 29.6 Å². The number of carboxylic acid groups (broad SMARTS) is 1. The quantitative estimate of drug-likeness (QED) is 0.880. The van der Waals surface area contributed by atoms with Gasteiger partial charge in [0.1, 0.15) is 6.04 Å². The lowest BCUT2D eigenvalue weighted by Gasteiger charge is -2.28. The zero-order chi connectivity index (χ0) is 16.2. The van der Waals surface area contributed by atoms with Crippen LogP contribution in [-0.4, -0.2) is 23.0 Å². The Labute approximate surface area is 139 Å². The first-order valence-electron chi connectivity index (χ1n) is 8.12. The number of amides is 1. The molecule has 0 spiro atoms. The largest absolute Gasteiger partial charge is 0.480 e. The average molecular weight is 331 g/mol.